The third kappa shape index (κ3) is 17.0. The van der Waals surface area contributed by atoms with Gasteiger partial charge in [0.25, 0.3) is 11.7 Å². The molecule has 0 aromatic heterocycles. The van der Waals surface area contributed by atoms with Crippen LogP contribution in [0.4, 0.5) is 0 Å². The molecule has 4 aliphatic heterocycles. The molecule has 0 aromatic rings. The number of rotatable bonds is 9. The van der Waals surface area contributed by atoms with E-state index in [-0.39, 0.29) is 61.4 Å². The summed E-state index contributed by atoms with van der Waals surface area (Å²) >= 11 is 0. The maximum absolute atomic E-state index is 14.6. The number of aliphatic hydroxyl groups is 3. The van der Waals surface area contributed by atoms with Gasteiger partial charge in [0, 0.05) is 71.6 Å². The first-order chi connectivity index (χ1) is 35.6. The molecule has 2 bridgehead atoms. The first-order valence-electron chi connectivity index (χ1n) is 27.7. The molecule has 0 aromatic carbocycles. The second-order valence-electron chi connectivity index (χ2n) is 22.6. The van der Waals surface area contributed by atoms with Crippen molar-refractivity contribution in [3.05, 3.63) is 47.6 Å². The van der Waals surface area contributed by atoms with Crippen LogP contribution in [-0.4, -0.2) is 168 Å². The summed E-state index contributed by atoms with van der Waals surface area (Å²) in [6, 6.07) is -1.18. The topological polar surface area (TPSA) is 225 Å². The Morgan fingerprint density at radius 1 is 0.813 bits per heavy atom. The van der Waals surface area contributed by atoms with Crippen molar-refractivity contribution in [2.24, 2.45) is 35.5 Å². The Hall–Kier alpha value is -3.94. The van der Waals surface area contributed by atoms with E-state index in [0.717, 1.165) is 5.57 Å². The SMILES string of the molecule is CO[C@H]1C[C@@H]2CC[C@@H](C)[C@@](O)(O2)C(=O)C(=O)N2CCCC[C@H]2C(=O)O[C@H]([C@H](C)C[C@@H]2CC[C@@H](OC(=O)CN3CCC(O)CC3)[C@H](OC)C2)CC(=O)[C@H](C)/C=C(\C)[C@@H](O)[C@@H](OC)C(=O)[C@H](C)C[C@H](C)/C=C/C=CC=C1C. The van der Waals surface area contributed by atoms with Crippen molar-refractivity contribution in [2.75, 3.05) is 47.5 Å². The number of ketones is 3. The average Bonchev–Trinajstić information content (AvgIpc) is 3.38. The molecule has 5 aliphatic rings. The predicted octanol–water partition coefficient (Wildman–Crippen LogP) is 6.19. The summed E-state index contributed by atoms with van der Waals surface area (Å²) in [4.78, 5) is 87.7. The number of hydrogen-bond acceptors (Lipinski definition) is 16. The lowest BCUT2D eigenvalue weighted by Crippen LogP contribution is -2.61. The number of fused-ring (bicyclic) bond motifs is 3. The summed E-state index contributed by atoms with van der Waals surface area (Å²) in [7, 11) is 4.53. The molecule has 1 saturated carbocycles. The Kier molecular flexibility index (Phi) is 24.1. The Morgan fingerprint density at radius 2 is 1.53 bits per heavy atom. The van der Waals surface area contributed by atoms with E-state index in [1.54, 1.807) is 41.1 Å². The van der Waals surface area contributed by atoms with Gasteiger partial charge < -0.3 is 48.6 Å². The highest BCUT2D eigenvalue weighted by atomic mass is 16.6. The molecule has 422 valence electrons. The number of nitrogens with zero attached hydrogens (tertiary/aromatic N) is 2. The van der Waals surface area contributed by atoms with Gasteiger partial charge in [-0.2, -0.15) is 0 Å². The molecule has 4 fully saturated rings. The molecule has 3 saturated heterocycles. The van der Waals surface area contributed by atoms with E-state index in [2.05, 4.69) is 0 Å². The first-order valence-corrected chi connectivity index (χ1v) is 27.7. The summed E-state index contributed by atoms with van der Waals surface area (Å²) in [5.74, 6) is -8.66. The largest absolute Gasteiger partial charge is 0.460 e. The molecule has 3 N–H and O–H groups in total. The van der Waals surface area contributed by atoms with Crippen molar-refractivity contribution < 1.29 is 72.5 Å². The van der Waals surface area contributed by atoms with Crippen LogP contribution in [0.5, 0.6) is 0 Å². The summed E-state index contributed by atoms with van der Waals surface area (Å²) < 4.78 is 35.8. The van der Waals surface area contributed by atoms with Crippen LogP contribution in [0.25, 0.3) is 0 Å². The minimum Gasteiger partial charge on any atom is -0.460 e. The molecule has 17 nitrogen and oxygen atoms in total. The quantitative estimate of drug-likeness (QED) is 0.133. The third-order valence-corrected chi connectivity index (χ3v) is 16.6. The van der Waals surface area contributed by atoms with E-state index in [9.17, 15) is 44.1 Å². The van der Waals surface area contributed by atoms with Gasteiger partial charge in [-0.05, 0) is 120 Å². The van der Waals surface area contributed by atoms with E-state index >= 15 is 0 Å². The number of ether oxygens (including phenoxy) is 6. The Bertz CT molecular complexity index is 2060. The summed E-state index contributed by atoms with van der Waals surface area (Å²) in [5, 5.41) is 33.5. The zero-order chi connectivity index (χ0) is 55.1. The second kappa shape index (κ2) is 29.2. The number of allylic oxidation sites excluding steroid dienone is 6. The highest BCUT2D eigenvalue weighted by Crippen LogP contribution is 2.38. The van der Waals surface area contributed by atoms with Crippen LogP contribution in [0, 0.1) is 35.5 Å². The van der Waals surface area contributed by atoms with Gasteiger partial charge in [-0.3, -0.25) is 28.9 Å². The minimum absolute atomic E-state index is 0.00269. The van der Waals surface area contributed by atoms with Crippen LogP contribution in [-0.2, 0) is 57.2 Å². The monoisotopic (exact) mass is 1050 g/mol. The smallest absolute Gasteiger partial charge is 0.329 e. The summed E-state index contributed by atoms with van der Waals surface area (Å²) in [6.45, 7) is 14.0. The lowest BCUT2D eigenvalue weighted by molar-refractivity contribution is -0.265. The molecule has 0 spiro atoms. The molecule has 1 amide bonds. The van der Waals surface area contributed by atoms with Gasteiger partial charge in [-0.1, -0.05) is 71.1 Å². The van der Waals surface area contributed by atoms with E-state index < -0.39 is 95.9 Å². The van der Waals surface area contributed by atoms with Crippen molar-refractivity contribution in [3.8, 4) is 0 Å². The Morgan fingerprint density at radius 3 is 2.21 bits per heavy atom. The molecule has 0 unspecified atom stereocenters. The number of cyclic esters (lactones) is 1. The molecule has 4 heterocycles. The summed E-state index contributed by atoms with van der Waals surface area (Å²) in [5.41, 5.74) is 1.24. The number of esters is 2. The van der Waals surface area contributed by atoms with Gasteiger partial charge in [0.05, 0.1) is 31.0 Å². The van der Waals surface area contributed by atoms with Crippen LogP contribution < -0.4 is 0 Å². The normalized spacial score (nSPS) is 37.2. The number of amides is 1. The maximum atomic E-state index is 14.6. The van der Waals surface area contributed by atoms with Crippen molar-refractivity contribution in [2.45, 2.75) is 199 Å². The number of Topliss-reactive ketones (excluding diaryl/α,β-unsaturated/α-hetero) is 3. The van der Waals surface area contributed by atoms with Gasteiger partial charge in [-0.15, -0.1) is 0 Å². The number of carbonyl (C=O) groups is 6. The fourth-order valence-electron chi connectivity index (χ4n) is 11.7. The number of hydrogen-bond donors (Lipinski definition) is 3. The van der Waals surface area contributed by atoms with Gasteiger partial charge >= 0.3 is 11.9 Å². The fourth-order valence-corrected chi connectivity index (χ4v) is 11.7. The van der Waals surface area contributed by atoms with Gasteiger partial charge in [0.2, 0.25) is 5.79 Å². The molecule has 15 atom stereocenters. The molecule has 1 aliphatic carbocycles. The highest BCUT2D eigenvalue weighted by molar-refractivity contribution is 6.39. The Labute approximate surface area is 445 Å². The van der Waals surface area contributed by atoms with Crippen LogP contribution in [0.1, 0.15) is 138 Å². The van der Waals surface area contributed by atoms with E-state index in [1.165, 1.54) is 12.0 Å². The molecular formula is C58H90N2O15. The van der Waals surface area contributed by atoms with Crippen LogP contribution in [0.3, 0.4) is 0 Å². The number of piperidine rings is 2. The number of methoxy groups -OCH3 is 3. The molecule has 0 radical (unpaired) electrons. The predicted molar refractivity (Wildman–Crippen MR) is 281 cm³/mol. The highest BCUT2D eigenvalue weighted by Gasteiger charge is 2.53. The van der Waals surface area contributed by atoms with E-state index in [0.29, 0.717) is 95.7 Å². The van der Waals surface area contributed by atoms with Crippen LogP contribution >= 0.6 is 0 Å². The van der Waals surface area contributed by atoms with Gasteiger partial charge in [0.1, 0.15) is 36.2 Å². The summed E-state index contributed by atoms with van der Waals surface area (Å²) in [6.07, 6.45) is 11.6. The molecule has 5 rings (SSSR count). The Balaban J connectivity index is 1.42. The molecule has 17 heteroatoms. The van der Waals surface area contributed by atoms with Gasteiger partial charge in [-0.25, -0.2) is 4.79 Å². The van der Waals surface area contributed by atoms with Crippen LogP contribution in [0.2, 0.25) is 0 Å². The second-order valence-corrected chi connectivity index (χ2v) is 22.6. The maximum Gasteiger partial charge on any atom is 0.329 e. The van der Waals surface area contributed by atoms with Crippen molar-refractivity contribution >= 4 is 35.2 Å². The number of aliphatic hydroxyl groups excluding tert-OH is 2. The van der Waals surface area contributed by atoms with Gasteiger partial charge in [0.15, 0.2) is 5.78 Å². The first kappa shape index (κ1) is 61.9. The zero-order valence-electron chi connectivity index (χ0n) is 46.5. The van der Waals surface area contributed by atoms with Crippen LogP contribution in [0.15, 0.2) is 47.6 Å². The lowest BCUT2D eigenvalue weighted by Gasteiger charge is -2.42. The van der Waals surface area contributed by atoms with E-state index in [4.69, 9.17) is 28.4 Å². The van der Waals surface area contributed by atoms with Crippen molar-refractivity contribution in [1.82, 2.24) is 9.80 Å². The molecule has 75 heavy (non-hydrogen) atoms. The standard InChI is InChI=1S/C58H90N2O15/c1-35-16-12-11-13-17-36(2)48(70-8)32-44-21-19-41(7)58(69,75-44)55(66)56(67)60-25-15-14-18-45(60)57(68)74-49(33-46(62)37(3)29-40(6)53(65)54(72-10)52(64)39(5)28-35)38(4)30-42-20-22-47(50(31-42)71-9)73-51(63)34-59-26-23-43(61)24-27-59/h11-13,16-17,29,35,37-39,41-45,47-50,53-54,61,65,69H,14-15,18-28,30-34H2,1-10H3/b13-11?,16-12+,36-17?,40-29+/t35-,37-,38-,39-,41-,42+,44+,45+,47-,48+,49+,50-,53-,54+,58-/m1/s1. The minimum atomic E-state index is -2.45. The van der Waals surface area contributed by atoms with E-state index in [1.807, 2.05) is 63.0 Å². The molecular weight excluding hydrogens is 965 g/mol. The zero-order valence-corrected chi connectivity index (χ0v) is 46.5. The third-order valence-electron chi connectivity index (χ3n) is 16.6. The van der Waals surface area contributed by atoms with Crippen molar-refractivity contribution in [1.29, 1.82) is 0 Å². The average molecular weight is 1060 g/mol. The van der Waals surface area contributed by atoms with Crippen molar-refractivity contribution in [3.63, 3.8) is 0 Å². The fraction of sp³-hybridized carbons (Fsp3) is 0.759. The number of likely N-dealkylation sites (tertiary alicyclic amines) is 1. The lowest BCUT2D eigenvalue weighted by atomic mass is 9.78. The number of carbonyl (C=O) groups excluding carboxylic acids is 6.